The van der Waals surface area contributed by atoms with Crippen molar-refractivity contribution in [3.63, 3.8) is 0 Å². The molecule has 0 unspecified atom stereocenters. The van der Waals surface area contributed by atoms with Crippen LogP contribution in [0.4, 0.5) is 4.39 Å². The number of carbonyl (C=O) groups is 2. The van der Waals surface area contributed by atoms with Crippen LogP contribution in [0.15, 0.2) is 48.5 Å². The van der Waals surface area contributed by atoms with Gasteiger partial charge in [-0.1, -0.05) is 18.2 Å². The molecule has 2 aromatic rings. The second-order valence-electron chi connectivity index (χ2n) is 5.42. The standard InChI is InChI=1S/C19H21FN2O4/c1-25-15-6-8-16(9-7-15)26-11-10-21-18(23)12-19(24)22-13-14-4-2-3-5-17(14)20/h2-9H,10-13H2,1H3,(H,21,23)(H,22,24). The van der Waals surface area contributed by atoms with Crippen LogP contribution in [-0.2, 0) is 16.1 Å². The summed E-state index contributed by atoms with van der Waals surface area (Å²) in [5.41, 5.74) is 0.370. The number of rotatable bonds is 9. The quantitative estimate of drug-likeness (QED) is 0.530. The van der Waals surface area contributed by atoms with Gasteiger partial charge < -0.3 is 20.1 Å². The van der Waals surface area contributed by atoms with E-state index in [0.29, 0.717) is 11.3 Å². The average Bonchev–Trinajstić information content (AvgIpc) is 2.65. The molecule has 138 valence electrons. The van der Waals surface area contributed by atoms with Gasteiger partial charge in [0.1, 0.15) is 30.3 Å². The normalized spacial score (nSPS) is 10.1. The topological polar surface area (TPSA) is 76.7 Å². The van der Waals surface area contributed by atoms with Crippen molar-refractivity contribution in [2.45, 2.75) is 13.0 Å². The van der Waals surface area contributed by atoms with Crippen molar-refractivity contribution in [2.24, 2.45) is 0 Å². The summed E-state index contributed by atoms with van der Waals surface area (Å²) in [4.78, 5) is 23.4. The molecule has 0 heterocycles. The highest BCUT2D eigenvalue weighted by Crippen LogP contribution is 2.16. The lowest BCUT2D eigenvalue weighted by molar-refractivity contribution is -0.129. The minimum atomic E-state index is -0.471. The predicted octanol–water partition coefficient (Wildman–Crippen LogP) is 2.04. The van der Waals surface area contributed by atoms with E-state index in [4.69, 9.17) is 9.47 Å². The van der Waals surface area contributed by atoms with Gasteiger partial charge in [-0.25, -0.2) is 4.39 Å². The summed E-state index contributed by atoms with van der Waals surface area (Å²) in [6.45, 7) is 0.583. The van der Waals surface area contributed by atoms with Gasteiger partial charge in [-0.15, -0.1) is 0 Å². The van der Waals surface area contributed by atoms with E-state index in [1.807, 2.05) is 0 Å². The van der Waals surface area contributed by atoms with Gasteiger partial charge in [-0.3, -0.25) is 9.59 Å². The molecule has 2 N–H and O–H groups in total. The summed E-state index contributed by atoms with van der Waals surface area (Å²) < 4.78 is 24.0. The fourth-order valence-corrected chi connectivity index (χ4v) is 2.14. The van der Waals surface area contributed by atoms with E-state index in [1.54, 1.807) is 49.6 Å². The first-order chi connectivity index (χ1) is 12.6. The molecule has 0 aliphatic rings. The Morgan fingerprint density at radius 3 is 2.31 bits per heavy atom. The molecule has 0 fully saturated rings. The number of methoxy groups -OCH3 is 1. The molecule has 0 spiro atoms. The SMILES string of the molecule is COc1ccc(OCCNC(=O)CC(=O)NCc2ccccc2F)cc1. The Bertz CT molecular complexity index is 735. The number of hydrogen-bond acceptors (Lipinski definition) is 4. The van der Waals surface area contributed by atoms with Gasteiger partial charge in [0.15, 0.2) is 0 Å². The lowest BCUT2D eigenvalue weighted by Gasteiger charge is -2.09. The number of ether oxygens (including phenoxy) is 2. The maximum absolute atomic E-state index is 13.4. The number of hydrogen-bond donors (Lipinski definition) is 2. The molecule has 2 rings (SSSR count). The molecule has 0 bridgehead atoms. The van der Waals surface area contributed by atoms with Crippen LogP contribution in [0, 0.1) is 5.82 Å². The fourth-order valence-electron chi connectivity index (χ4n) is 2.14. The molecule has 7 heteroatoms. The lowest BCUT2D eigenvalue weighted by atomic mass is 10.2. The maximum atomic E-state index is 13.4. The van der Waals surface area contributed by atoms with Gasteiger partial charge in [0.25, 0.3) is 0 Å². The third kappa shape index (κ3) is 6.43. The molecule has 0 saturated heterocycles. The van der Waals surface area contributed by atoms with Crippen LogP contribution in [0.5, 0.6) is 11.5 Å². The largest absolute Gasteiger partial charge is 0.497 e. The van der Waals surface area contributed by atoms with Crippen molar-refractivity contribution in [3.8, 4) is 11.5 Å². The molecule has 6 nitrogen and oxygen atoms in total. The molecular weight excluding hydrogens is 339 g/mol. The Labute approximate surface area is 151 Å². The molecule has 0 radical (unpaired) electrons. The summed E-state index contributed by atoms with van der Waals surface area (Å²) in [7, 11) is 1.58. The van der Waals surface area contributed by atoms with Crippen molar-refractivity contribution >= 4 is 11.8 Å². The zero-order valence-corrected chi connectivity index (χ0v) is 14.5. The number of nitrogens with one attached hydrogen (secondary N) is 2. The maximum Gasteiger partial charge on any atom is 0.229 e. The van der Waals surface area contributed by atoms with Crippen molar-refractivity contribution in [1.82, 2.24) is 10.6 Å². The van der Waals surface area contributed by atoms with Crippen LogP contribution >= 0.6 is 0 Å². The van der Waals surface area contributed by atoms with Crippen LogP contribution in [-0.4, -0.2) is 32.1 Å². The van der Waals surface area contributed by atoms with E-state index in [1.165, 1.54) is 6.07 Å². The number of halogens is 1. The Morgan fingerprint density at radius 2 is 1.62 bits per heavy atom. The van der Waals surface area contributed by atoms with Crippen LogP contribution in [0.2, 0.25) is 0 Å². The van der Waals surface area contributed by atoms with Crippen LogP contribution in [0.1, 0.15) is 12.0 Å². The molecule has 0 aromatic heterocycles. The van der Waals surface area contributed by atoms with Gasteiger partial charge in [-0.2, -0.15) is 0 Å². The van der Waals surface area contributed by atoms with E-state index in [9.17, 15) is 14.0 Å². The molecule has 2 aromatic carbocycles. The zero-order valence-electron chi connectivity index (χ0n) is 14.5. The summed E-state index contributed by atoms with van der Waals surface area (Å²) in [6, 6.07) is 13.2. The van der Waals surface area contributed by atoms with E-state index in [-0.39, 0.29) is 26.1 Å². The molecule has 0 atom stereocenters. The minimum Gasteiger partial charge on any atom is -0.497 e. The van der Waals surface area contributed by atoms with E-state index in [0.717, 1.165) is 5.75 Å². The van der Waals surface area contributed by atoms with Gasteiger partial charge in [0.2, 0.25) is 11.8 Å². The number of carbonyl (C=O) groups excluding carboxylic acids is 2. The minimum absolute atomic E-state index is 0.0410. The first-order valence-electron chi connectivity index (χ1n) is 8.12. The average molecular weight is 360 g/mol. The summed E-state index contributed by atoms with van der Waals surface area (Å²) in [6.07, 6.45) is -0.322. The van der Waals surface area contributed by atoms with Gasteiger partial charge >= 0.3 is 0 Å². The van der Waals surface area contributed by atoms with Crippen LogP contribution in [0.3, 0.4) is 0 Å². The molecule has 0 saturated carbocycles. The fraction of sp³-hybridized carbons (Fsp3) is 0.263. The highest BCUT2D eigenvalue weighted by Gasteiger charge is 2.09. The monoisotopic (exact) mass is 360 g/mol. The van der Waals surface area contributed by atoms with Gasteiger partial charge in [0.05, 0.1) is 13.7 Å². The second-order valence-corrected chi connectivity index (χ2v) is 5.42. The Morgan fingerprint density at radius 1 is 0.962 bits per heavy atom. The van der Waals surface area contributed by atoms with E-state index < -0.39 is 17.6 Å². The summed E-state index contributed by atoms with van der Waals surface area (Å²) in [5.74, 6) is 0.0962. The first kappa shape index (κ1) is 19.2. The van der Waals surface area contributed by atoms with Crippen LogP contribution in [0.25, 0.3) is 0 Å². The summed E-state index contributed by atoms with van der Waals surface area (Å²) >= 11 is 0. The van der Waals surface area contributed by atoms with E-state index >= 15 is 0 Å². The Balaban J connectivity index is 1.61. The smallest absolute Gasteiger partial charge is 0.229 e. The molecule has 2 amide bonds. The third-order valence-electron chi connectivity index (χ3n) is 3.51. The summed E-state index contributed by atoms with van der Waals surface area (Å²) in [5, 5.41) is 5.11. The second kappa shape index (κ2) is 10.0. The molecule has 0 aliphatic carbocycles. The number of benzene rings is 2. The highest BCUT2D eigenvalue weighted by atomic mass is 19.1. The third-order valence-corrected chi connectivity index (χ3v) is 3.51. The van der Waals surface area contributed by atoms with Crippen molar-refractivity contribution in [2.75, 3.05) is 20.3 Å². The molecule has 0 aliphatic heterocycles. The van der Waals surface area contributed by atoms with Gasteiger partial charge in [0, 0.05) is 12.1 Å². The number of amides is 2. The van der Waals surface area contributed by atoms with Crippen molar-refractivity contribution in [1.29, 1.82) is 0 Å². The zero-order chi connectivity index (χ0) is 18.8. The van der Waals surface area contributed by atoms with Crippen LogP contribution < -0.4 is 20.1 Å². The van der Waals surface area contributed by atoms with Crippen molar-refractivity contribution in [3.05, 3.63) is 59.9 Å². The van der Waals surface area contributed by atoms with Gasteiger partial charge in [-0.05, 0) is 30.3 Å². The van der Waals surface area contributed by atoms with Crippen molar-refractivity contribution < 1.29 is 23.5 Å². The molecular formula is C19H21FN2O4. The highest BCUT2D eigenvalue weighted by molar-refractivity contribution is 5.96. The predicted molar refractivity (Wildman–Crippen MR) is 94.4 cm³/mol. The Hall–Kier alpha value is -3.09. The first-order valence-corrected chi connectivity index (χ1v) is 8.12. The van der Waals surface area contributed by atoms with E-state index in [2.05, 4.69) is 10.6 Å². The molecule has 26 heavy (non-hydrogen) atoms. The lowest BCUT2D eigenvalue weighted by Crippen LogP contribution is -2.33. The Kier molecular flexibility index (Phi) is 7.42.